The van der Waals surface area contributed by atoms with Crippen molar-refractivity contribution in [3.05, 3.63) is 27.2 Å². The minimum Gasteiger partial charge on any atom is -0.354 e. The van der Waals surface area contributed by atoms with Gasteiger partial charge in [0.15, 0.2) is 0 Å². The summed E-state index contributed by atoms with van der Waals surface area (Å²) in [7, 11) is 0. The maximum Gasteiger partial charge on any atom is 0.267 e. The fourth-order valence-corrected chi connectivity index (χ4v) is 2.81. The van der Waals surface area contributed by atoms with Gasteiger partial charge in [0.05, 0.1) is 12.1 Å². The second-order valence-electron chi connectivity index (χ2n) is 5.79. The summed E-state index contributed by atoms with van der Waals surface area (Å²) in [6.45, 7) is 4.54. The molecule has 0 fully saturated rings. The molecule has 0 atom stereocenters. The van der Waals surface area contributed by atoms with E-state index in [1.54, 1.807) is 0 Å². The summed E-state index contributed by atoms with van der Waals surface area (Å²) in [6, 6.07) is 0. The number of amides is 1. The first-order valence-corrected chi connectivity index (χ1v) is 8.29. The highest BCUT2D eigenvalue weighted by molar-refractivity contribution is 5.78. The van der Waals surface area contributed by atoms with Crippen molar-refractivity contribution in [2.75, 3.05) is 19.6 Å². The highest BCUT2D eigenvalue weighted by Crippen LogP contribution is 2.20. The van der Waals surface area contributed by atoms with Crippen LogP contribution in [0.2, 0.25) is 0 Å². The van der Waals surface area contributed by atoms with Crippen molar-refractivity contribution in [2.45, 2.75) is 51.9 Å². The number of carbonyl (C=O) groups excluding carboxylic acids is 1. The Morgan fingerprint density at radius 1 is 1.18 bits per heavy atom. The van der Waals surface area contributed by atoms with Gasteiger partial charge in [-0.15, -0.1) is 0 Å². The first-order valence-electron chi connectivity index (χ1n) is 8.29. The zero-order valence-corrected chi connectivity index (χ0v) is 13.3. The number of hydrogen-bond donors (Lipinski definition) is 3. The van der Waals surface area contributed by atoms with Crippen LogP contribution < -0.4 is 16.2 Å². The van der Waals surface area contributed by atoms with Gasteiger partial charge < -0.3 is 10.6 Å². The Labute approximate surface area is 131 Å². The van der Waals surface area contributed by atoms with Crippen molar-refractivity contribution < 1.29 is 4.79 Å². The average molecular weight is 306 g/mol. The first kappa shape index (κ1) is 16.7. The Bertz CT molecular complexity index is 554. The van der Waals surface area contributed by atoms with Crippen molar-refractivity contribution in [1.82, 2.24) is 20.8 Å². The van der Waals surface area contributed by atoms with Crippen LogP contribution in [-0.2, 0) is 24.1 Å². The molecule has 0 spiro atoms. The average Bonchev–Trinajstić information content (AvgIpc) is 2.54. The van der Waals surface area contributed by atoms with E-state index in [9.17, 15) is 9.59 Å². The van der Waals surface area contributed by atoms with Crippen LogP contribution in [0, 0.1) is 0 Å². The van der Waals surface area contributed by atoms with Crippen molar-refractivity contribution in [3.8, 4) is 0 Å². The third-order valence-electron chi connectivity index (χ3n) is 4.04. The summed E-state index contributed by atoms with van der Waals surface area (Å²) < 4.78 is 0. The van der Waals surface area contributed by atoms with E-state index in [2.05, 4.69) is 27.8 Å². The summed E-state index contributed by atoms with van der Waals surface area (Å²) >= 11 is 0. The number of rotatable bonds is 8. The van der Waals surface area contributed by atoms with Gasteiger partial charge in [-0.1, -0.05) is 13.3 Å². The fraction of sp³-hybridized carbons (Fsp3) is 0.688. The number of fused-ring (bicyclic) bond motifs is 1. The predicted molar refractivity (Wildman–Crippen MR) is 86.0 cm³/mol. The highest BCUT2D eigenvalue weighted by Gasteiger charge is 2.19. The molecule has 0 bridgehead atoms. The van der Waals surface area contributed by atoms with Gasteiger partial charge in [-0.3, -0.25) is 9.59 Å². The van der Waals surface area contributed by atoms with E-state index >= 15 is 0 Å². The minimum absolute atomic E-state index is 0.0374. The molecule has 0 saturated heterocycles. The van der Waals surface area contributed by atoms with Gasteiger partial charge in [0, 0.05) is 18.7 Å². The largest absolute Gasteiger partial charge is 0.354 e. The molecule has 0 unspecified atom stereocenters. The summed E-state index contributed by atoms with van der Waals surface area (Å²) in [5, 5.41) is 12.8. The molecule has 0 aromatic carbocycles. The Morgan fingerprint density at radius 3 is 2.73 bits per heavy atom. The van der Waals surface area contributed by atoms with Gasteiger partial charge in [0.1, 0.15) is 0 Å². The van der Waals surface area contributed by atoms with E-state index in [4.69, 9.17) is 0 Å². The molecule has 1 amide bonds. The van der Waals surface area contributed by atoms with Gasteiger partial charge in [0.25, 0.3) is 5.56 Å². The molecule has 1 heterocycles. The second kappa shape index (κ2) is 8.68. The Balaban J connectivity index is 1.83. The molecular formula is C16H26N4O2. The second-order valence-corrected chi connectivity index (χ2v) is 5.79. The maximum atomic E-state index is 12.0. The lowest BCUT2D eigenvalue weighted by Crippen LogP contribution is -2.34. The van der Waals surface area contributed by atoms with Crippen molar-refractivity contribution >= 4 is 5.91 Å². The Hall–Kier alpha value is -1.69. The molecule has 1 aromatic rings. The van der Waals surface area contributed by atoms with Crippen LogP contribution in [0.4, 0.5) is 0 Å². The minimum atomic E-state index is -0.0982. The molecule has 1 aromatic heterocycles. The number of nitrogens with zero attached hydrogens (tertiary/aromatic N) is 1. The van der Waals surface area contributed by atoms with Gasteiger partial charge in [0.2, 0.25) is 5.91 Å². The Morgan fingerprint density at radius 2 is 1.95 bits per heavy atom. The Kier molecular flexibility index (Phi) is 6.58. The van der Waals surface area contributed by atoms with Crippen molar-refractivity contribution in [2.24, 2.45) is 0 Å². The third-order valence-corrected chi connectivity index (χ3v) is 4.04. The lowest BCUT2D eigenvalue weighted by Gasteiger charge is -2.17. The molecule has 1 aliphatic rings. The predicted octanol–water partition coefficient (Wildman–Crippen LogP) is 0.697. The number of carbonyl (C=O) groups is 1. The van der Waals surface area contributed by atoms with E-state index in [-0.39, 0.29) is 17.9 Å². The zero-order valence-electron chi connectivity index (χ0n) is 13.3. The quantitative estimate of drug-likeness (QED) is 0.617. The van der Waals surface area contributed by atoms with Crippen LogP contribution in [-0.4, -0.2) is 35.7 Å². The highest BCUT2D eigenvalue weighted by atomic mass is 16.1. The smallest absolute Gasteiger partial charge is 0.267 e. The number of aromatic amines is 1. The molecule has 122 valence electrons. The first-order chi connectivity index (χ1) is 10.7. The summed E-state index contributed by atoms with van der Waals surface area (Å²) in [5.74, 6) is -0.0374. The fourth-order valence-electron chi connectivity index (χ4n) is 2.81. The van der Waals surface area contributed by atoms with Crippen LogP contribution in [0.5, 0.6) is 0 Å². The van der Waals surface area contributed by atoms with E-state index in [1.807, 2.05) is 0 Å². The lowest BCUT2D eigenvalue weighted by molar-refractivity contribution is -0.120. The van der Waals surface area contributed by atoms with Crippen LogP contribution >= 0.6 is 0 Å². The standard InChI is InChI=1S/C16H26N4O2/c1-2-3-8-17-9-10-18-15(21)11-14-12-6-4-5-7-13(12)16(22)20-19-14/h17H,2-11H2,1H3,(H,18,21)(H,20,22). The summed E-state index contributed by atoms with van der Waals surface area (Å²) in [5.41, 5.74) is 2.45. The summed E-state index contributed by atoms with van der Waals surface area (Å²) in [6.07, 6.45) is 6.32. The van der Waals surface area contributed by atoms with Gasteiger partial charge in [-0.25, -0.2) is 5.10 Å². The topological polar surface area (TPSA) is 86.9 Å². The van der Waals surface area contributed by atoms with Crippen molar-refractivity contribution in [1.29, 1.82) is 0 Å². The number of nitrogens with one attached hydrogen (secondary N) is 3. The molecule has 0 radical (unpaired) electrons. The number of H-pyrrole nitrogens is 1. The molecule has 3 N–H and O–H groups in total. The van der Waals surface area contributed by atoms with E-state index in [0.29, 0.717) is 6.54 Å². The molecular weight excluding hydrogens is 280 g/mol. The molecule has 1 aliphatic carbocycles. The normalized spacial score (nSPS) is 13.7. The lowest BCUT2D eigenvalue weighted by atomic mass is 9.91. The summed E-state index contributed by atoms with van der Waals surface area (Å²) in [4.78, 5) is 23.8. The van der Waals surface area contributed by atoms with Crippen LogP contribution in [0.25, 0.3) is 0 Å². The van der Waals surface area contributed by atoms with Crippen LogP contribution in [0.15, 0.2) is 4.79 Å². The molecule has 0 saturated carbocycles. The number of unbranched alkanes of at least 4 members (excludes halogenated alkanes) is 1. The van der Waals surface area contributed by atoms with E-state index in [0.717, 1.165) is 62.0 Å². The van der Waals surface area contributed by atoms with Gasteiger partial charge >= 0.3 is 0 Å². The number of aromatic nitrogens is 2. The molecule has 0 aliphatic heterocycles. The van der Waals surface area contributed by atoms with Gasteiger partial charge in [-0.2, -0.15) is 5.10 Å². The van der Waals surface area contributed by atoms with E-state index < -0.39 is 0 Å². The van der Waals surface area contributed by atoms with Crippen LogP contribution in [0.1, 0.15) is 49.4 Å². The monoisotopic (exact) mass is 306 g/mol. The van der Waals surface area contributed by atoms with Gasteiger partial charge in [-0.05, 0) is 44.2 Å². The molecule has 6 heteroatoms. The van der Waals surface area contributed by atoms with Crippen molar-refractivity contribution in [3.63, 3.8) is 0 Å². The number of hydrogen-bond acceptors (Lipinski definition) is 4. The SMILES string of the molecule is CCCCNCCNC(=O)Cc1n[nH]c(=O)c2c1CCCC2. The zero-order chi connectivity index (χ0) is 15.8. The maximum absolute atomic E-state index is 12.0. The van der Waals surface area contributed by atoms with E-state index in [1.165, 1.54) is 6.42 Å². The molecule has 22 heavy (non-hydrogen) atoms. The molecule has 2 rings (SSSR count). The van der Waals surface area contributed by atoms with Crippen LogP contribution in [0.3, 0.4) is 0 Å². The third kappa shape index (κ3) is 4.66. The molecule has 6 nitrogen and oxygen atoms in total.